The summed E-state index contributed by atoms with van der Waals surface area (Å²) in [7, 11) is 0. The molecule has 0 aliphatic carbocycles. The number of halogens is 3. The maximum atomic E-state index is 13.6. The van der Waals surface area contributed by atoms with Crippen LogP contribution >= 0.6 is 23.2 Å². The minimum Gasteiger partial charge on any atom is -0.352 e. The van der Waals surface area contributed by atoms with Gasteiger partial charge < -0.3 is 16.0 Å². The molecule has 1 atom stereocenters. The lowest BCUT2D eigenvalue weighted by Gasteiger charge is -2.36. The molecule has 0 aromatic heterocycles. The van der Waals surface area contributed by atoms with Crippen LogP contribution in [0.4, 0.5) is 9.18 Å². The average Bonchev–Trinajstić information content (AvgIpc) is 2.48. The summed E-state index contributed by atoms with van der Waals surface area (Å²) in [5.41, 5.74) is 5.13. The van der Waals surface area contributed by atoms with Crippen LogP contribution in [0.5, 0.6) is 0 Å². The van der Waals surface area contributed by atoms with E-state index in [1.807, 2.05) is 0 Å². The van der Waals surface area contributed by atoms with E-state index in [-0.39, 0.29) is 34.1 Å². The molecule has 0 unspecified atom stereocenters. The van der Waals surface area contributed by atoms with Gasteiger partial charge in [0.15, 0.2) is 0 Å². The third-order valence-electron chi connectivity index (χ3n) is 3.64. The molecule has 22 heavy (non-hydrogen) atoms. The lowest BCUT2D eigenvalue weighted by Crippen LogP contribution is -2.50. The molecule has 3 N–H and O–H groups in total. The van der Waals surface area contributed by atoms with Gasteiger partial charge in [-0.3, -0.25) is 4.79 Å². The molecule has 0 spiro atoms. The summed E-state index contributed by atoms with van der Waals surface area (Å²) in [6.07, 6.45) is 2.52. The molecule has 1 fully saturated rings. The first-order chi connectivity index (χ1) is 10.4. The SMILES string of the molecule is NC(=O)NC[C@H]1CCCCN1C(=O)c1cc(F)c(Cl)cc1Cl. The van der Waals surface area contributed by atoms with Crippen LogP contribution < -0.4 is 11.1 Å². The summed E-state index contributed by atoms with van der Waals surface area (Å²) in [6, 6.07) is 1.42. The van der Waals surface area contributed by atoms with Crippen molar-refractivity contribution in [2.45, 2.75) is 25.3 Å². The van der Waals surface area contributed by atoms with Crippen molar-refractivity contribution in [3.05, 3.63) is 33.6 Å². The van der Waals surface area contributed by atoms with Gasteiger partial charge in [0.1, 0.15) is 5.82 Å². The smallest absolute Gasteiger partial charge is 0.312 e. The first kappa shape index (κ1) is 16.8. The van der Waals surface area contributed by atoms with Crippen LogP contribution in [0.15, 0.2) is 12.1 Å². The van der Waals surface area contributed by atoms with Crippen LogP contribution in [0.2, 0.25) is 10.0 Å². The van der Waals surface area contributed by atoms with Gasteiger partial charge in [0.05, 0.1) is 15.6 Å². The van der Waals surface area contributed by atoms with Crippen molar-refractivity contribution in [3.63, 3.8) is 0 Å². The number of primary amides is 1. The maximum Gasteiger partial charge on any atom is 0.312 e. The second-order valence-electron chi connectivity index (χ2n) is 5.14. The number of likely N-dealkylation sites (tertiary alicyclic amines) is 1. The van der Waals surface area contributed by atoms with Crippen molar-refractivity contribution in [2.24, 2.45) is 5.73 Å². The van der Waals surface area contributed by atoms with Crippen LogP contribution in [-0.4, -0.2) is 36.0 Å². The number of carbonyl (C=O) groups excluding carboxylic acids is 2. The summed E-state index contributed by atoms with van der Waals surface area (Å²) in [4.78, 5) is 25.1. The summed E-state index contributed by atoms with van der Waals surface area (Å²) >= 11 is 11.6. The molecular formula is C14H16Cl2FN3O2. The number of hydrogen-bond donors (Lipinski definition) is 2. The Labute approximate surface area is 137 Å². The molecule has 1 heterocycles. The Hall–Kier alpha value is -1.53. The zero-order valence-corrected chi connectivity index (χ0v) is 13.3. The van der Waals surface area contributed by atoms with Gasteiger partial charge in [0.2, 0.25) is 0 Å². The molecule has 0 bridgehead atoms. The van der Waals surface area contributed by atoms with Crippen LogP contribution in [0.25, 0.3) is 0 Å². The molecule has 1 aliphatic rings. The zero-order chi connectivity index (χ0) is 16.3. The van der Waals surface area contributed by atoms with E-state index in [0.29, 0.717) is 6.54 Å². The van der Waals surface area contributed by atoms with E-state index >= 15 is 0 Å². The standard InChI is InChI=1S/C14H16Cl2FN3O2/c15-10-6-11(16)12(17)5-9(10)13(21)20-4-2-1-3-8(20)7-19-14(18)22/h5-6,8H,1-4,7H2,(H3,18,19,22)/t8-/m1/s1. The Bertz CT molecular complexity index is 598. The van der Waals surface area contributed by atoms with Crippen molar-refractivity contribution in [1.82, 2.24) is 10.2 Å². The van der Waals surface area contributed by atoms with E-state index in [1.54, 1.807) is 4.90 Å². The Morgan fingerprint density at radius 1 is 1.32 bits per heavy atom. The molecule has 120 valence electrons. The van der Waals surface area contributed by atoms with Gasteiger partial charge in [0, 0.05) is 19.1 Å². The minimum absolute atomic E-state index is 0.0644. The monoisotopic (exact) mass is 347 g/mol. The normalized spacial score (nSPS) is 18.1. The van der Waals surface area contributed by atoms with E-state index in [9.17, 15) is 14.0 Å². The summed E-state index contributed by atoms with van der Waals surface area (Å²) in [5.74, 6) is -1.07. The molecular weight excluding hydrogens is 332 g/mol. The lowest BCUT2D eigenvalue weighted by molar-refractivity contribution is 0.0615. The first-order valence-corrected chi connectivity index (χ1v) is 7.64. The molecule has 1 aliphatic heterocycles. The molecule has 0 saturated carbocycles. The minimum atomic E-state index is -0.696. The fourth-order valence-corrected chi connectivity index (χ4v) is 3.00. The second kappa shape index (κ2) is 7.15. The predicted molar refractivity (Wildman–Crippen MR) is 82.7 cm³/mol. The number of piperidine rings is 1. The predicted octanol–water partition coefficient (Wildman–Crippen LogP) is 2.80. The van der Waals surface area contributed by atoms with Crippen LogP contribution in [0.3, 0.4) is 0 Å². The van der Waals surface area contributed by atoms with Crippen molar-refractivity contribution >= 4 is 35.1 Å². The Morgan fingerprint density at radius 3 is 2.73 bits per heavy atom. The highest BCUT2D eigenvalue weighted by atomic mass is 35.5. The molecule has 0 radical (unpaired) electrons. The molecule has 3 amide bonds. The Balaban J connectivity index is 2.21. The number of rotatable bonds is 3. The zero-order valence-electron chi connectivity index (χ0n) is 11.7. The van der Waals surface area contributed by atoms with Crippen molar-refractivity contribution in [3.8, 4) is 0 Å². The van der Waals surface area contributed by atoms with E-state index < -0.39 is 11.8 Å². The van der Waals surface area contributed by atoms with Crippen LogP contribution in [0, 0.1) is 5.82 Å². The van der Waals surface area contributed by atoms with Gasteiger partial charge >= 0.3 is 6.03 Å². The molecule has 1 aromatic rings. The largest absolute Gasteiger partial charge is 0.352 e. The fraction of sp³-hybridized carbons (Fsp3) is 0.429. The third kappa shape index (κ3) is 3.81. The van der Waals surface area contributed by atoms with E-state index in [4.69, 9.17) is 28.9 Å². The molecule has 1 saturated heterocycles. The van der Waals surface area contributed by atoms with Crippen LogP contribution in [0.1, 0.15) is 29.6 Å². The van der Waals surface area contributed by atoms with Gasteiger partial charge in [-0.25, -0.2) is 9.18 Å². The van der Waals surface area contributed by atoms with Crippen molar-refractivity contribution in [2.75, 3.05) is 13.1 Å². The number of nitrogens with one attached hydrogen (secondary N) is 1. The number of nitrogens with zero attached hydrogens (tertiary/aromatic N) is 1. The highest BCUT2D eigenvalue weighted by Gasteiger charge is 2.29. The summed E-state index contributed by atoms with van der Waals surface area (Å²) < 4.78 is 13.6. The van der Waals surface area contributed by atoms with E-state index in [0.717, 1.165) is 25.3 Å². The molecule has 2 rings (SSSR count). The van der Waals surface area contributed by atoms with Crippen LogP contribution in [-0.2, 0) is 0 Å². The van der Waals surface area contributed by atoms with Gasteiger partial charge in [0.25, 0.3) is 5.91 Å². The Kier molecular flexibility index (Phi) is 5.47. The average molecular weight is 348 g/mol. The van der Waals surface area contributed by atoms with Gasteiger partial charge in [-0.15, -0.1) is 0 Å². The van der Waals surface area contributed by atoms with Gasteiger partial charge in [-0.1, -0.05) is 23.2 Å². The topological polar surface area (TPSA) is 75.4 Å². The summed E-state index contributed by atoms with van der Waals surface area (Å²) in [6.45, 7) is 0.777. The Morgan fingerprint density at radius 2 is 2.05 bits per heavy atom. The third-order valence-corrected chi connectivity index (χ3v) is 4.24. The second-order valence-corrected chi connectivity index (χ2v) is 5.95. The quantitative estimate of drug-likeness (QED) is 0.825. The first-order valence-electron chi connectivity index (χ1n) is 6.89. The fourth-order valence-electron chi connectivity index (χ4n) is 2.54. The van der Waals surface area contributed by atoms with Crippen molar-refractivity contribution in [1.29, 1.82) is 0 Å². The van der Waals surface area contributed by atoms with Crippen molar-refractivity contribution < 1.29 is 14.0 Å². The molecule has 1 aromatic carbocycles. The van der Waals surface area contributed by atoms with Gasteiger partial charge in [-0.05, 0) is 31.4 Å². The highest BCUT2D eigenvalue weighted by Crippen LogP contribution is 2.27. The summed E-state index contributed by atoms with van der Waals surface area (Å²) in [5, 5.41) is 2.47. The van der Waals surface area contributed by atoms with E-state index in [2.05, 4.69) is 5.32 Å². The van der Waals surface area contributed by atoms with Gasteiger partial charge in [-0.2, -0.15) is 0 Å². The van der Waals surface area contributed by atoms with E-state index in [1.165, 1.54) is 6.07 Å². The maximum absolute atomic E-state index is 13.6. The molecule has 8 heteroatoms. The number of benzene rings is 1. The number of hydrogen-bond acceptors (Lipinski definition) is 2. The number of urea groups is 1. The highest BCUT2D eigenvalue weighted by molar-refractivity contribution is 6.36. The lowest BCUT2D eigenvalue weighted by atomic mass is 10.0. The molecule has 5 nitrogen and oxygen atoms in total. The number of nitrogens with two attached hydrogens (primary N) is 1. The number of amides is 3. The number of carbonyl (C=O) groups is 2.